The molecule has 1 aromatic rings. The van der Waals surface area contributed by atoms with Crippen molar-refractivity contribution < 1.29 is 4.79 Å². The molecule has 0 radical (unpaired) electrons. The average Bonchev–Trinajstić information content (AvgIpc) is 2.72. The number of urea groups is 1. The van der Waals surface area contributed by atoms with E-state index in [1.54, 1.807) is 0 Å². The van der Waals surface area contributed by atoms with E-state index in [2.05, 4.69) is 64.6 Å². The summed E-state index contributed by atoms with van der Waals surface area (Å²) in [5.41, 5.74) is 1.39. The highest BCUT2D eigenvalue weighted by atomic mass is 16.2. The van der Waals surface area contributed by atoms with Gasteiger partial charge < -0.3 is 10.6 Å². The van der Waals surface area contributed by atoms with Crippen LogP contribution in [0.2, 0.25) is 0 Å². The van der Waals surface area contributed by atoms with Crippen molar-refractivity contribution in [2.24, 2.45) is 5.92 Å². The smallest absolute Gasteiger partial charge is 0.314 e. The van der Waals surface area contributed by atoms with Gasteiger partial charge >= 0.3 is 6.03 Å². The molecule has 2 amide bonds. The van der Waals surface area contributed by atoms with Gasteiger partial charge in [-0.1, -0.05) is 36.8 Å². The van der Waals surface area contributed by atoms with E-state index < -0.39 is 0 Å². The highest BCUT2D eigenvalue weighted by Crippen LogP contribution is 2.20. The average molecular weight is 387 g/mol. The summed E-state index contributed by atoms with van der Waals surface area (Å²) in [6.45, 7) is 11.5. The number of hydrogen-bond donors (Lipinski definition) is 2. The van der Waals surface area contributed by atoms with E-state index in [9.17, 15) is 4.79 Å². The third-order valence-corrected chi connectivity index (χ3v) is 6.30. The summed E-state index contributed by atoms with van der Waals surface area (Å²) in [4.78, 5) is 17.4. The largest absolute Gasteiger partial charge is 0.338 e. The molecule has 5 heteroatoms. The molecule has 2 fully saturated rings. The fraction of sp³-hybridized carbons (Fsp3) is 0.696. The highest BCUT2D eigenvalue weighted by Gasteiger charge is 2.28. The van der Waals surface area contributed by atoms with Crippen molar-refractivity contribution >= 4 is 6.03 Å². The molecule has 1 atom stereocenters. The van der Waals surface area contributed by atoms with E-state index >= 15 is 0 Å². The van der Waals surface area contributed by atoms with E-state index in [1.165, 1.54) is 37.7 Å². The first kappa shape index (κ1) is 21.1. The van der Waals surface area contributed by atoms with Crippen LogP contribution in [-0.4, -0.2) is 60.6 Å². The third-order valence-electron chi connectivity index (χ3n) is 6.30. The predicted molar refractivity (Wildman–Crippen MR) is 115 cm³/mol. The SMILES string of the molecule is CC(C)(CNC(=O)NC[C@H]1CCCN(Cc2ccccc2)C1)N1CCCCC1. The van der Waals surface area contributed by atoms with E-state index in [0.29, 0.717) is 12.5 Å². The number of piperidine rings is 2. The number of carbonyl (C=O) groups is 1. The van der Waals surface area contributed by atoms with Crippen LogP contribution in [0.3, 0.4) is 0 Å². The Morgan fingerprint density at radius 1 is 1.04 bits per heavy atom. The molecule has 3 rings (SSSR count). The molecule has 1 aromatic carbocycles. The minimum atomic E-state index is -0.0229. The topological polar surface area (TPSA) is 47.6 Å². The Labute approximate surface area is 170 Å². The number of rotatable bonds is 7. The molecular formula is C23H38N4O. The second-order valence-electron chi connectivity index (χ2n) is 9.15. The lowest BCUT2D eigenvalue weighted by molar-refractivity contribution is 0.0958. The van der Waals surface area contributed by atoms with E-state index in [1.807, 2.05) is 0 Å². The van der Waals surface area contributed by atoms with Crippen LogP contribution in [0, 0.1) is 5.92 Å². The maximum absolute atomic E-state index is 12.3. The second-order valence-corrected chi connectivity index (χ2v) is 9.15. The van der Waals surface area contributed by atoms with Gasteiger partial charge in [0.2, 0.25) is 0 Å². The van der Waals surface area contributed by atoms with Crippen LogP contribution in [0.15, 0.2) is 30.3 Å². The fourth-order valence-electron chi connectivity index (χ4n) is 4.51. The summed E-state index contributed by atoms with van der Waals surface area (Å²) in [6.07, 6.45) is 6.30. The van der Waals surface area contributed by atoms with Crippen LogP contribution < -0.4 is 10.6 Å². The normalized spacial score (nSPS) is 22.0. The first-order valence-electron chi connectivity index (χ1n) is 11.1. The van der Waals surface area contributed by atoms with Crippen molar-refractivity contribution in [1.82, 2.24) is 20.4 Å². The maximum Gasteiger partial charge on any atom is 0.314 e. The Hall–Kier alpha value is -1.59. The lowest BCUT2D eigenvalue weighted by Gasteiger charge is -2.41. The van der Waals surface area contributed by atoms with E-state index in [-0.39, 0.29) is 11.6 Å². The molecule has 28 heavy (non-hydrogen) atoms. The minimum Gasteiger partial charge on any atom is -0.338 e. The number of nitrogens with one attached hydrogen (secondary N) is 2. The van der Waals surface area contributed by atoms with Gasteiger partial charge in [-0.15, -0.1) is 0 Å². The van der Waals surface area contributed by atoms with E-state index in [4.69, 9.17) is 0 Å². The molecule has 5 nitrogen and oxygen atoms in total. The minimum absolute atomic E-state index is 0.0229. The van der Waals surface area contributed by atoms with Gasteiger partial charge in [0.25, 0.3) is 0 Å². The van der Waals surface area contributed by atoms with Gasteiger partial charge in [0.15, 0.2) is 0 Å². The van der Waals surface area contributed by atoms with Crippen molar-refractivity contribution in [3.63, 3.8) is 0 Å². The van der Waals surface area contributed by atoms with Gasteiger partial charge in [-0.2, -0.15) is 0 Å². The lowest BCUT2D eigenvalue weighted by atomic mass is 9.97. The Morgan fingerprint density at radius 3 is 2.54 bits per heavy atom. The molecule has 0 bridgehead atoms. The quantitative estimate of drug-likeness (QED) is 0.754. The number of benzene rings is 1. The Bertz CT molecular complexity index is 598. The molecule has 2 aliphatic heterocycles. The molecule has 2 heterocycles. The molecule has 0 aliphatic carbocycles. The lowest BCUT2D eigenvalue weighted by Crippen LogP contribution is -2.55. The van der Waals surface area contributed by atoms with Gasteiger partial charge in [0.05, 0.1) is 0 Å². The summed E-state index contributed by atoms with van der Waals surface area (Å²) in [7, 11) is 0. The van der Waals surface area contributed by atoms with Crippen LogP contribution >= 0.6 is 0 Å². The zero-order chi connectivity index (χ0) is 19.8. The molecule has 0 saturated carbocycles. The van der Waals surface area contributed by atoms with Crippen molar-refractivity contribution in [3.05, 3.63) is 35.9 Å². The van der Waals surface area contributed by atoms with Crippen LogP contribution in [0.4, 0.5) is 4.79 Å². The standard InChI is InChI=1S/C23H38N4O/c1-23(2,27-14-7-4-8-15-27)19-25-22(28)24-16-21-12-9-13-26(18-21)17-20-10-5-3-6-11-20/h3,5-6,10-11,21H,4,7-9,12-19H2,1-2H3,(H2,24,25,28)/t21-/m1/s1. The van der Waals surface area contributed by atoms with Crippen LogP contribution in [0.1, 0.15) is 51.5 Å². The molecule has 2 N–H and O–H groups in total. The zero-order valence-electron chi connectivity index (χ0n) is 17.8. The molecule has 0 aromatic heterocycles. The molecule has 2 aliphatic rings. The van der Waals surface area contributed by atoms with Crippen LogP contribution in [0.25, 0.3) is 0 Å². The maximum atomic E-state index is 12.3. The fourth-order valence-corrected chi connectivity index (χ4v) is 4.51. The summed E-state index contributed by atoms with van der Waals surface area (Å²) < 4.78 is 0. The Morgan fingerprint density at radius 2 is 1.79 bits per heavy atom. The van der Waals surface area contributed by atoms with Crippen molar-refractivity contribution in [2.45, 2.75) is 58.0 Å². The predicted octanol–water partition coefficient (Wildman–Crippen LogP) is 3.46. The first-order valence-corrected chi connectivity index (χ1v) is 11.1. The summed E-state index contributed by atoms with van der Waals surface area (Å²) >= 11 is 0. The Balaban J connectivity index is 1.36. The van der Waals surface area contributed by atoms with E-state index in [0.717, 1.165) is 39.3 Å². The summed E-state index contributed by atoms with van der Waals surface area (Å²) in [5.74, 6) is 0.540. The van der Waals surface area contributed by atoms with Crippen LogP contribution in [0.5, 0.6) is 0 Å². The number of amides is 2. The highest BCUT2D eigenvalue weighted by molar-refractivity contribution is 5.73. The molecule has 0 unspecified atom stereocenters. The van der Waals surface area contributed by atoms with Gasteiger partial charge in [-0.25, -0.2) is 4.79 Å². The van der Waals surface area contributed by atoms with Crippen molar-refractivity contribution in [2.75, 3.05) is 39.3 Å². The third kappa shape index (κ3) is 6.49. The number of hydrogen-bond acceptors (Lipinski definition) is 3. The molecule has 0 spiro atoms. The molecule has 156 valence electrons. The molecular weight excluding hydrogens is 348 g/mol. The van der Waals surface area contributed by atoms with Crippen LogP contribution in [-0.2, 0) is 6.54 Å². The zero-order valence-corrected chi connectivity index (χ0v) is 17.8. The van der Waals surface area contributed by atoms with Gasteiger partial charge in [-0.3, -0.25) is 9.80 Å². The van der Waals surface area contributed by atoms with Crippen molar-refractivity contribution in [1.29, 1.82) is 0 Å². The van der Waals surface area contributed by atoms with Gasteiger partial charge in [-0.05, 0) is 70.6 Å². The summed E-state index contributed by atoms with van der Waals surface area (Å²) in [5, 5.41) is 6.22. The van der Waals surface area contributed by atoms with Crippen molar-refractivity contribution in [3.8, 4) is 0 Å². The van der Waals surface area contributed by atoms with Gasteiger partial charge in [0, 0.05) is 31.7 Å². The first-order chi connectivity index (χ1) is 13.5. The second kappa shape index (κ2) is 10.3. The summed E-state index contributed by atoms with van der Waals surface area (Å²) in [6, 6.07) is 10.6. The van der Waals surface area contributed by atoms with Gasteiger partial charge in [0.1, 0.15) is 0 Å². The number of likely N-dealkylation sites (tertiary alicyclic amines) is 2. The monoisotopic (exact) mass is 386 g/mol. The molecule has 2 saturated heterocycles. The number of nitrogens with zero attached hydrogens (tertiary/aromatic N) is 2. The Kier molecular flexibility index (Phi) is 7.74. The number of carbonyl (C=O) groups excluding carboxylic acids is 1.